The molecule has 60 heavy (non-hydrogen) atoms. The molecule has 4 aromatic heterocycles. The monoisotopic (exact) mass is 796 g/mol. The van der Waals surface area contributed by atoms with Crippen LogP contribution in [0.5, 0.6) is 0 Å². The van der Waals surface area contributed by atoms with Gasteiger partial charge >= 0.3 is 0 Å². The molecule has 0 amide bonds. The van der Waals surface area contributed by atoms with Gasteiger partial charge in [-0.25, -0.2) is 0 Å². The highest BCUT2D eigenvalue weighted by atomic mass is 32.1. The van der Waals surface area contributed by atoms with Crippen molar-refractivity contribution in [2.75, 3.05) is 0 Å². The zero-order valence-electron chi connectivity index (χ0n) is 32.2. The second-order valence-corrected chi connectivity index (χ2v) is 18.8. The SMILES string of the molecule is c1ccc2c(c1)C1c3ccc4c(c3C2c2c1ccc1c2c2ccccc2n1-c1cccc2sc3ccccc3c12)c1ccccc1n4-c1cccc2sc3ccccc3c12. The number of rotatable bonds is 2. The van der Waals surface area contributed by atoms with Crippen molar-refractivity contribution >= 4 is 107 Å². The molecule has 0 fully saturated rings. The summed E-state index contributed by atoms with van der Waals surface area (Å²) in [5.41, 5.74) is 16.3. The van der Waals surface area contributed by atoms with Crippen molar-refractivity contribution < 1.29 is 0 Å². The molecule has 2 bridgehead atoms. The fourth-order valence-corrected chi connectivity index (χ4v) is 14.0. The van der Waals surface area contributed by atoms with Crippen LogP contribution in [0.15, 0.2) is 182 Å². The van der Waals surface area contributed by atoms with Crippen molar-refractivity contribution in [2.24, 2.45) is 0 Å². The molecule has 0 saturated carbocycles. The Kier molecular flexibility index (Phi) is 6.07. The van der Waals surface area contributed by atoms with E-state index in [1.807, 2.05) is 22.7 Å². The van der Waals surface area contributed by atoms with Crippen molar-refractivity contribution in [2.45, 2.75) is 11.8 Å². The Morgan fingerprint density at radius 2 is 0.700 bits per heavy atom. The van der Waals surface area contributed by atoms with Gasteiger partial charge < -0.3 is 9.13 Å². The highest BCUT2D eigenvalue weighted by Crippen LogP contribution is 2.61. The minimum absolute atomic E-state index is 0.0673. The average molecular weight is 797 g/mol. The summed E-state index contributed by atoms with van der Waals surface area (Å²) in [6, 6.07) is 68.9. The van der Waals surface area contributed by atoms with Crippen molar-refractivity contribution in [3.05, 3.63) is 215 Å². The van der Waals surface area contributed by atoms with Crippen LogP contribution in [0.4, 0.5) is 0 Å². The molecule has 0 saturated heterocycles. The van der Waals surface area contributed by atoms with Gasteiger partial charge in [0.05, 0.1) is 33.4 Å². The molecule has 4 heteroatoms. The van der Waals surface area contributed by atoms with E-state index in [1.54, 1.807) is 0 Å². The first kappa shape index (κ1) is 31.9. The van der Waals surface area contributed by atoms with Crippen LogP contribution in [0.1, 0.15) is 45.2 Å². The van der Waals surface area contributed by atoms with Gasteiger partial charge in [0, 0.05) is 73.7 Å². The first-order chi connectivity index (χ1) is 29.8. The van der Waals surface area contributed by atoms with Crippen LogP contribution in [-0.4, -0.2) is 9.13 Å². The highest BCUT2D eigenvalue weighted by Gasteiger charge is 2.44. The van der Waals surface area contributed by atoms with Crippen molar-refractivity contribution in [1.82, 2.24) is 9.13 Å². The quantitative estimate of drug-likeness (QED) is 0.165. The molecular formula is C56H32N2S2. The molecule has 2 nitrogen and oxygen atoms in total. The van der Waals surface area contributed by atoms with E-state index in [0.717, 1.165) is 0 Å². The molecule has 3 aliphatic carbocycles. The summed E-state index contributed by atoms with van der Waals surface area (Å²) >= 11 is 3.78. The maximum absolute atomic E-state index is 2.57. The van der Waals surface area contributed by atoms with Gasteiger partial charge in [-0.05, 0) is 94.0 Å². The molecule has 0 atom stereocenters. The van der Waals surface area contributed by atoms with E-state index in [0.29, 0.717) is 0 Å². The van der Waals surface area contributed by atoms with Crippen LogP contribution in [0.25, 0.3) is 95.3 Å². The third-order valence-corrected chi connectivity index (χ3v) is 16.2. The van der Waals surface area contributed by atoms with Crippen LogP contribution in [0.3, 0.4) is 0 Å². The number of thiophene rings is 2. The maximum atomic E-state index is 2.57. The number of para-hydroxylation sites is 2. The number of nitrogens with zero attached hydrogens (tertiary/aromatic N) is 2. The normalized spacial score (nSPS) is 15.7. The lowest BCUT2D eigenvalue weighted by Gasteiger charge is -2.43. The van der Waals surface area contributed by atoms with Gasteiger partial charge in [-0.15, -0.1) is 22.7 Å². The van der Waals surface area contributed by atoms with Gasteiger partial charge in [-0.2, -0.15) is 0 Å². The number of benzene rings is 9. The Morgan fingerprint density at radius 1 is 0.283 bits per heavy atom. The zero-order valence-corrected chi connectivity index (χ0v) is 33.8. The van der Waals surface area contributed by atoms with Crippen molar-refractivity contribution in [3.63, 3.8) is 0 Å². The van der Waals surface area contributed by atoms with E-state index in [-0.39, 0.29) is 11.8 Å². The van der Waals surface area contributed by atoms with E-state index >= 15 is 0 Å². The molecule has 0 aliphatic heterocycles. The maximum Gasteiger partial charge on any atom is 0.0555 e. The second-order valence-electron chi connectivity index (χ2n) is 16.6. The third kappa shape index (κ3) is 3.85. The number of hydrogen-bond donors (Lipinski definition) is 0. The Labute approximate surface area is 352 Å². The number of hydrogen-bond acceptors (Lipinski definition) is 2. The molecule has 278 valence electrons. The van der Waals surface area contributed by atoms with Crippen molar-refractivity contribution in [1.29, 1.82) is 0 Å². The van der Waals surface area contributed by atoms with Gasteiger partial charge in [0.25, 0.3) is 0 Å². The summed E-state index contributed by atoms with van der Waals surface area (Å²) in [5.74, 6) is 0.209. The lowest BCUT2D eigenvalue weighted by atomic mass is 9.59. The molecule has 0 N–H and O–H groups in total. The van der Waals surface area contributed by atoms with Gasteiger partial charge in [0.2, 0.25) is 0 Å². The molecule has 0 unspecified atom stereocenters. The predicted molar refractivity (Wildman–Crippen MR) is 256 cm³/mol. The van der Waals surface area contributed by atoms with Crippen LogP contribution in [-0.2, 0) is 0 Å². The minimum Gasteiger partial charge on any atom is -0.309 e. The molecule has 4 heterocycles. The minimum atomic E-state index is 0.0673. The van der Waals surface area contributed by atoms with Crippen LogP contribution >= 0.6 is 22.7 Å². The van der Waals surface area contributed by atoms with Gasteiger partial charge in [-0.1, -0.05) is 121 Å². The first-order valence-corrected chi connectivity index (χ1v) is 22.5. The summed E-state index contributed by atoms with van der Waals surface area (Å²) < 4.78 is 10.4. The number of aromatic nitrogens is 2. The summed E-state index contributed by atoms with van der Waals surface area (Å²) in [5, 5.41) is 10.7. The molecular weight excluding hydrogens is 765 g/mol. The first-order valence-electron chi connectivity index (χ1n) is 20.8. The van der Waals surface area contributed by atoms with E-state index in [9.17, 15) is 0 Å². The Hall–Kier alpha value is -6.98. The largest absolute Gasteiger partial charge is 0.309 e. The van der Waals surface area contributed by atoms with Crippen molar-refractivity contribution in [3.8, 4) is 11.4 Å². The Bertz CT molecular complexity index is 3800. The standard InChI is InChI=1S/C56H32N2S2/c1-2-14-32-31(13-1)49-37-27-29-43-52(33-15-3-7-19-39(33)57(43)41-21-11-25-47-50(41)35-17-5-9-23-45(35)59-47)55(37)54(32)56-38(49)28-30-44-53(56)34-16-4-8-20-40(34)58(44)42-22-12-26-48-51(42)36-18-6-10-24-46(36)60-48/h1-30,49,54H. The summed E-state index contributed by atoms with van der Waals surface area (Å²) in [7, 11) is 0. The van der Waals surface area contributed by atoms with Gasteiger partial charge in [0.1, 0.15) is 0 Å². The lowest BCUT2D eigenvalue weighted by Crippen LogP contribution is -2.28. The zero-order chi connectivity index (χ0) is 38.8. The van der Waals surface area contributed by atoms with E-state index < -0.39 is 0 Å². The fourth-order valence-electron chi connectivity index (χ4n) is 11.7. The average Bonchev–Trinajstić information content (AvgIpc) is 4.06. The van der Waals surface area contributed by atoms with E-state index in [1.165, 1.54) is 129 Å². The smallest absolute Gasteiger partial charge is 0.0555 e. The Morgan fingerprint density at radius 3 is 1.22 bits per heavy atom. The Balaban J connectivity index is 1.08. The molecule has 13 aromatic rings. The van der Waals surface area contributed by atoms with Crippen LogP contribution < -0.4 is 0 Å². The topological polar surface area (TPSA) is 9.86 Å². The molecule has 16 rings (SSSR count). The van der Waals surface area contributed by atoms with Gasteiger partial charge in [0.15, 0.2) is 0 Å². The van der Waals surface area contributed by atoms with Gasteiger partial charge in [-0.3, -0.25) is 0 Å². The molecule has 0 radical (unpaired) electrons. The summed E-state index contributed by atoms with van der Waals surface area (Å²) in [4.78, 5) is 0. The van der Waals surface area contributed by atoms with Crippen LogP contribution in [0.2, 0.25) is 0 Å². The highest BCUT2D eigenvalue weighted by molar-refractivity contribution is 7.26. The van der Waals surface area contributed by atoms with Crippen LogP contribution in [0, 0.1) is 0 Å². The van der Waals surface area contributed by atoms with E-state index in [2.05, 4.69) is 191 Å². The summed E-state index contributed by atoms with van der Waals surface area (Å²) in [6.07, 6.45) is 0. The molecule has 3 aliphatic rings. The number of fused-ring (bicyclic) bond motifs is 12. The molecule has 0 spiro atoms. The third-order valence-electron chi connectivity index (χ3n) is 13.9. The van der Waals surface area contributed by atoms with E-state index in [4.69, 9.17) is 0 Å². The predicted octanol–water partition coefficient (Wildman–Crippen LogP) is 15.6. The molecule has 9 aromatic carbocycles. The summed E-state index contributed by atoms with van der Waals surface area (Å²) in [6.45, 7) is 0. The lowest BCUT2D eigenvalue weighted by molar-refractivity contribution is 0.768. The second kappa shape index (κ2) is 11.4. The fraction of sp³-hybridized carbons (Fsp3) is 0.0357.